The van der Waals surface area contributed by atoms with E-state index in [2.05, 4.69) is 24.7 Å². The summed E-state index contributed by atoms with van der Waals surface area (Å²) in [5.41, 5.74) is -4.15. The number of esters is 1. The van der Waals surface area contributed by atoms with E-state index in [4.69, 9.17) is 4.74 Å². The maximum Gasteiger partial charge on any atom is 0.343 e. The van der Waals surface area contributed by atoms with Gasteiger partial charge in [0, 0.05) is 49.8 Å². The number of aromatic amines is 3. The van der Waals surface area contributed by atoms with Crippen molar-refractivity contribution in [2.75, 3.05) is 13.7 Å². The molecular weight excluding hydrogens is 774 g/mol. The van der Waals surface area contributed by atoms with Crippen molar-refractivity contribution in [3.63, 3.8) is 0 Å². The van der Waals surface area contributed by atoms with Crippen molar-refractivity contribution < 1.29 is 58.2 Å². The number of rotatable bonds is 6. The van der Waals surface area contributed by atoms with E-state index in [9.17, 15) is 31.1 Å². The van der Waals surface area contributed by atoms with E-state index in [0.717, 1.165) is 7.11 Å². The highest BCUT2D eigenvalue weighted by molar-refractivity contribution is 6.01. The molecule has 8 rings (SSSR count). The molecule has 1 aliphatic rings. The molecule has 0 saturated carbocycles. The van der Waals surface area contributed by atoms with Crippen molar-refractivity contribution in [2.45, 2.75) is 0 Å². The van der Waals surface area contributed by atoms with Crippen LogP contribution in [0.5, 0.6) is 5.75 Å². The molecule has 7 aromatic rings. The van der Waals surface area contributed by atoms with Crippen LogP contribution < -0.4 is 4.74 Å². The van der Waals surface area contributed by atoms with Crippen LogP contribution in [0.25, 0.3) is 78.6 Å². The van der Waals surface area contributed by atoms with Gasteiger partial charge < -0.3 is 24.4 Å². The van der Waals surface area contributed by atoms with Crippen molar-refractivity contribution in [3.05, 3.63) is 130 Å². The monoisotopic (exact) mass is 794 g/mol. The van der Waals surface area contributed by atoms with Gasteiger partial charge >= 0.3 is 5.97 Å². The molecule has 7 nitrogen and oxygen atoms in total. The smallest absolute Gasteiger partial charge is 0.343 e. The third-order valence-electron chi connectivity index (χ3n) is 9.23. The maximum absolute atomic E-state index is 15.6. The first-order valence-corrected chi connectivity index (χ1v) is 16.5. The van der Waals surface area contributed by atoms with E-state index in [1.807, 2.05) is 0 Å². The Balaban J connectivity index is 1.58. The Hall–Kier alpha value is -7.04. The molecular formula is C40H20F10N4O3. The molecule has 17 heteroatoms. The van der Waals surface area contributed by atoms with Crippen LogP contribution in [0.15, 0.2) is 60.7 Å². The van der Waals surface area contributed by atoms with Crippen LogP contribution in [-0.4, -0.2) is 39.6 Å². The summed E-state index contributed by atoms with van der Waals surface area (Å²) >= 11 is 0. The van der Waals surface area contributed by atoms with Crippen molar-refractivity contribution >= 4 is 51.2 Å². The average Bonchev–Trinajstić information content (AvgIpc) is 4.06. The number of para-hydroxylation sites is 1. The number of hydrogen-bond donors (Lipinski definition) is 3. The van der Waals surface area contributed by atoms with Crippen LogP contribution in [0.1, 0.15) is 11.4 Å². The van der Waals surface area contributed by atoms with Crippen molar-refractivity contribution in [1.82, 2.24) is 19.9 Å². The van der Waals surface area contributed by atoms with Gasteiger partial charge in [0.2, 0.25) is 11.6 Å². The predicted octanol–water partition coefficient (Wildman–Crippen LogP) is 10.6. The van der Waals surface area contributed by atoms with Gasteiger partial charge in [-0.2, -0.15) is 0 Å². The molecule has 1 aliphatic heterocycles. The summed E-state index contributed by atoms with van der Waals surface area (Å²) in [5.74, 6) is -23.0. The Labute approximate surface area is 312 Å². The third-order valence-corrected chi connectivity index (χ3v) is 9.23. The van der Waals surface area contributed by atoms with Gasteiger partial charge in [0.15, 0.2) is 53.1 Å². The minimum Gasteiger partial charge on any atom is -0.481 e. The molecule has 5 heterocycles. The molecule has 0 radical (unpaired) electrons. The average molecular weight is 795 g/mol. The number of carbonyl (C=O) groups is 1. The fraction of sp³-hybridized carbons (Fsp3) is 0.0500. The summed E-state index contributed by atoms with van der Waals surface area (Å²) in [6.07, 6.45) is 2.51. The molecule has 0 spiro atoms. The van der Waals surface area contributed by atoms with Gasteiger partial charge in [-0.1, -0.05) is 18.2 Å². The van der Waals surface area contributed by atoms with E-state index < -0.39 is 93.0 Å². The highest BCUT2D eigenvalue weighted by atomic mass is 19.2. The molecule has 0 aliphatic carbocycles. The van der Waals surface area contributed by atoms with Gasteiger partial charge in [0.05, 0.1) is 35.1 Å². The highest BCUT2D eigenvalue weighted by Crippen LogP contribution is 2.42. The summed E-state index contributed by atoms with van der Waals surface area (Å²) in [5, 5.41) is 0. The van der Waals surface area contributed by atoms with Gasteiger partial charge in [-0.05, 0) is 54.6 Å². The lowest BCUT2D eigenvalue weighted by molar-refractivity contribution is -0.142. The second-order valence-electron chi connectivity index (χ2n) is 12.4. The number of halogens is 10. The van der Waals surface area contributed by atoms with Crippen molar-refractivity contribution in [2.24, 2.45) is 0 Å². The Morgan fingerprint density at radius 2 is 0.895 bits per heavy atom. The standard InChI is InChI=1S/C40H20F10N4O3/c1-56-25(55)14-57-24-5-3-2-4-15(24)26-18-10-12-22(53-18)27(29-31(41)35(45)39(49)36(46)32(29)42)20-8-6-16(51-20)17-7-9-21(52-17)28(23-13-11-19(26)54-23)30-33(43)37(47)40(50)38(48)34(30)44/h2-13,51,53-54H,14H2,1H3. The summed E-state index contributed by atoms with van der Waals surface area (Å²) in [6, 6.07) is 13.9. The topological polar surface area (TPSA) is 95.8 Å². The van der Waals surface area contributed by atoms with Crippen molar-refractivity contribution in [3.8, 4) is 39.1 Å². The maximum atomic E-state index is 15.6. The lowest BCUT2D eigenvalue weighted by Gasteiger charge is -2.12. The fourth-order valence-corrected chi connectivity index (χ4v) is 6.61. The molecule has 4 aromatic heterocycles. The SMILES string of the molecule is COC(=O)COc1ccccc1-c1c2ccc([nH]2)c(-c2c(F)c(F)c(F)c(F)c2F)c2nc(c3ccc([nH]3)c(-c3c(F)c(F)c(F)c(F)c3F)c3ccc1[nH]3)C=C2. The number of hydrogen-bond acceptors (Lipinski definition) is 4. The number of carbonyl (C=O) groups excluding carboxylic acids is 1. The Kier molecular flexibility index (Phi) is 9.01. The van der Waals surface area contributed by atoms with Gasteiger partial charge in [-0.25, -0.2) is 53.7 Å². The van der Waals surface area contributed by atoms with Gasteiger partial charge in [-0.3, -0.25) is 0 Å². The van der Waals surface area contributed by atoms with Crippen LogP contribution in [0.3, 0.4) is 0 Å². The number of fused-ring (bicyclic) bond motifs is 9. The first kappa shape index (κ1) is 36.9. The lowest BCUT2D eigenvalue weighted by atomic mass is 10.0. The number of methoxy groups -OCH3 is 1. The zero-order chi connectivity index (χ0) is 40.4. The number of nitrogens with zero attached hydrogens (tertiary/aromatic N) is 1. The molecule has 0 fully saturated rings. The van der Waals surface area contributed by atoms with E-state index >= 15 is 17.6 Å². The zero-order valence-corrected chi connectivity index (χ0v) is 28.6. The van der Waals surface area contributed by atoms with E-state index in [-0.39, 0.29) is 61.4 Å². The van der Waals surface area contributed by atoms with Gasteiger partial charge in [0.25, 0.3) is 0 Å². The summed E-state index contributed by atoms with van der Waals surface area (Å²) in [6.45, 7) is -0.580. The molecule has 8 bridgehead atoms. The van der Waals surface area contributed by atoms with Crippen LogP contribution in [0.4, 0.5) is 43.9 Å². The molecule has 288 valence electrons. The molecule has 0 atom stereocenters. The molecule has 3 aromatic carbocycles. The number of H-pyrrole nitrogens is 3. The zero-order valence-electron chi connectivity index (χ0n) is 28.6. The van der Waals surface area contributed by atoms with Crippen LogP contribution >= 0.6 is 0 Å². The van der Waals surface area contributed by atoms with Crippen LogP contribution in [0.2, 0.25) is 0 Å². The quantitative estimate of drug-likeness (QED) is 0.0676. The predicted molar refractivity (Wildman–Crippen MR) is 189 cm³/mol. The first-order chi connectivity index (χ1) is 27.3. The van der Waals surface area contributed by atoms with E-state index in [0.29, 0.717) is 0 Å². The molecule has 0 amide bonds. The van der Waals surface area contributed by atoms with E-state index in [1.54, 1.807) is 12.1 Å². The number of nitrogens with one attached hydrogen (secondary N) is 3. The molecule has 0 unspecified atom stereocenters. The van der Waals surface area contributed by atoms with Crippen LogP contribution in [0, 0.1) is 58.2 Å². The fourth-order valence-electron chi connectivity index (χ4n) is 6.61. The summed E-state index contributed by atoms with van der Waals surface area (Å²) in [7, 11) is 1.13. The Morgan fingerprint density at radius 1 is 0.491 bits per heavy atom. The number of benzene rings is 3. The first-order valence-electron chi connectivity index (χ1n) is 16.5. The van der Waals surface area contributed by atoms with E-state index in [1.165, 1.54) is 60.7 Å². The summed E-state index contributed by atoms with van der Waals surface area (Å²) in [4.78, 5) is 25.2. The minimum atomic E-state index is -2.39. The minimum absolute atomic E-state index is 0.0212. The largest absolute Gasteiger partial charge is 0.481 e. The third kappa shape index (κ3) is 5.93. The molecule has 57 heavy (non-hydrogen) atoms. The second-order valence-corrected chi connectivity index (χ2v) is 12.4. The van der Waals surface area contributed by atoms with Gasteiger partial charge in [-0.15, -0.1) is 0 Å². The number of aromatic nitrogens is 4. The highest BCUT2D eigenvalue weighted by Gasteiger charge is 2.31. The molecule has 0 saturated heterocycles. The molecule has 3 N–H and O–H groups in total. The van der Waals surface area contributed by atoms with Crippen LogP contribution in [-0.2, 0) is 9.53 Å². The normalized spacial score (nSPS) is 11.8. The number of ether oxygens (including phenoxy) is 2. The summed E-state index contributed by atoms with van der Waals surface area (Å²) < 4.78 is 160. The second kappa shape index (κ2) is 13.9. The van der Waals surface area contributed by atoms with Crippen molar-refractivity contribution in [1.29, 1.82) is 0 Å². The van der Waals surface area contributed by atoms with Gasteiger partial charge in [0.1, 0.15) is 5.75 Å². The Bertz CT molecular complexity index is 2950. The lowest BCUT2D eigenvalue weighted by Crippen LogP contribution is -2.12. The Morgan fingerprint density at radius 3 is 1.42 bits per heavy atom.